The van der Waals surface area contributed by atoms with E-state index in [1.165, 1.54) is 43.4 Å². The van der Waals surface area contributed by atoms with Gasteiger partial charge in [-0.2, -0.15) is 0 Å². The van der Waals surface area contributed by atoms with Crippen LogP contribution in [0.15, 0.2) is 18.2 Å². The van der Waals surface area contributed by atoms with Crippen LogP contribution in [0.1, 0.15) is 25.7 Å². The van der Waals surface area contributed by atoms with E-state index in [0.717, 1.165) is 6.42 Å². The highest BCUT2D eigenvalue weighted by molar-refractivity contribution is 5.59. The summed E-state index contributed by atoms with van der Waals surface area (Å²) in [6.45, 7) is 4.50. The smallest absolute Gasteiger partial charge is 0.144 e. The van der Waals surface area contributed by atoms with Gasteiger partial charge in [0, 0.05) is 18.2 Å². The Bertz CT molecular complexity index is 414. The van der Waals surface area contributed by atoms with E-state index in [2.05, 4.69) is 7.05 Å². The standard InChI is InChI=1S/C15H26N3O/c1-18(8-3-2-4-9-18)10-5-11-19-15-12-13(16)6-7-14(15)17/h6-7,12H,2-5,8-11,16-17H2,1H3/q+1. The molecule has 1 saturated heterocycles. The average molecular weight is 264 g/mol. The van der Waals surface area contributed by atoms with Gasteiger partial charge in [-0.3, -0.25) is 0 Å². The predicted octanol–water partition coefficient (Wildman–Crippen LogP) is 2.25. The molecule has 0 unspecified atom stereocenters. The third-order valence-electron chi connectivity index (χ3n) is 4.03. The van der Waals surface area contributed by atoms with Crippen molar-refractivity contribution in [2.75, 3.05) is 44.8 Å². The monoisotopic (exact) mass is 264 g/mol. The van der Waals surface area contributed by atoms with Gasteiger partial charge in [0.1, 0.15) is 5.75 Å². The minimum absolute atomic E-state index is 0.660. The molecule has 0 saturated carbocycles. The van der Waals surface area contributed by atoms with Crippen molar-refractivity contribution in [3.63, 3.8) is 0 Å². The number of quaternary nitrogens is 1. The van der Waals surface area contributed by atoms with Crippen LogP contribution in [0.2, 0.25) is 0 Å². The van der Waals surface area contributed by atoms with E-state index in [1.807, 2.05) is 0 Å². The molecule has 0 aliphatic carbocycles. The lowest BCUT2D eigenvalue weighted by Gasteiger charge is -2.37. The first-order valence-electron chi connectivity index (χ1n) is 7.20. The molecule has 106 valence electrons. The van der Waals surface area contributed by atoms with Crippen LogP contribution in [0.5, 0.6) is 5.75 Å². The van der Waals surface area contributed by atoms with Crippen molar-refractivity contribution in [2.45, 2.75) is 25.7 Å². The number of likely N-dealkylation sites (tertiary alicyclic amines) is 1. The van der Waals surface area contributed by atoms with Gasteiger partial charge in [-0.15, -0.1) is 0 Å². The molecule has 1 heterocycles. The first kappa shape index (κ1) is 14.0. The number of benzene rings is 1. The molecule has 0 aromatic heterocycles. The molecule has 0 radical (unpaired) electrons. The normalized spacial score (nSPS) is 18.2. The van der Waals surface area contributed by atoms with Crippen molar-refractivity contribution in [3.8, 4) is 5.75 Å². The van der Waals surface area contributed by atoms with Crippen molar-refractivity contribution in [1.29, 1.82) is 0 Å². The van der Waals surface area contributed by atoms with Crippen LogP contribution in [0.4, 0.5) is 11.4 Å². The SMILES string of the molecule is C[N+]1(CCCOc2cc(N)ccc2N)CCCCC1. The van der Waals surface area contributed by atoms with Gasteiger partial charge >= 0.3 is 0 Å². The zero-order valence-electron chi connectivity index (χ0n) is 11.9. The van der Waals surface area contributed by atoms with Gasteiger partial charge in [0.2, 0.25) is 0 Å². The first-order chi connectivity index (χ1) is 9.09. The maximum atomic E-state index is 5.86. The van der Waals surface area contributed by atoms with Gasteiger partial charge in [0.25, 0.3) is 0 Å². The minimum Gasteiger partial charge on any atom is -0.491 e. The Hall–Kier alpha value is -1.42. The summed E-state index contributed by atoms with van der Waals surface area (Å²) in [5, 5.41) is 0. The Kier molecular flexibility index (Phi) is 4.53. The topological polar surface area (TPSA) is 61.3 Å². The number of hydrogen-bond acceptors (Lipinski definition) is 3. The van der Waals surface area contributed by atoms with Crippen LogP contribution in [0.25, 0.3) is 0 Å². The maximum Gasteiger partial charge on any atom is 0.144 e. The van der Waals surface area contributed by atoms with E-state index in [0.29, 0.717) is 23.7 Å². The average Bonchev–Trinajstić information content (AvgIpc) is 2.39. The number of rotatable bonds is 5. The zero-order chi connectivity index (χ0) is 13.7. The van der Waals surface area contributed by atoms with Crippen LogP contribution < -0.4 is 16.2 Å². The van der Waals surface area contributed by atoms with Gasteiger partial charge in [0.15, 0.2) is 0 Å². The maximum absolute atomic E-state index is 5.86. The van der Waals surface area contributed by atoms with Crippen LogP contribution in [0, 0.1) is 0 Å². The summed E-state index contributed by atoms with van der Waals surface area (Å²) in [4.78, 5) is 0. The van der Waals surface area contributed by atoms with Crippen LogP contribution >= 0.6 is 0 Å². The lowest BCUT2D eigenvalue weighted by Crippen LogP contribution is -2.48. The van der Waals surface area contributed by atoms with Gasteiger partial charge in [-0.05, 0) is 31.4 Å². The molecule has 0 amide bonds. The number of piperidine rings is 1. The lowest BCUT2D eigenvalue weighted by molar-refractivity contribution is -0.914. The second kappa shape index (κ2) is 6.15. The number of nitrogen functional groups attached to an aromatic ring is 2. The van der Waals surface area contributed by atoms with E-state index < -0.39 is 0 Å². The molecule has 1 aliphatic heterocycles. The molecule has 1 fully saturated rings. The zero-order valence-corrected chi connectivity index (χ0v) is 11.9. The number of ether oxygens (including phenoxy) is 1. The summed E-state index contributed by atoms with van der Waals surface area (Å²) in [6, 6.07) is 5.39. The Balaban J connectivity index is 1.75. The molecule has 0 bridgehead atoms. The summed E-state index contributed by atoms with van der Waals surface area (Å²) >= 11 is 0. The summed E-state index contributed by atoms with van der Waals surface area (Å²) < 4.78 is 6.93. The fourth-order valence-electron chi connectivity index (χ4n) is 2.80. The van der Waals surface area contributed by atoms with Crippen molar-refractivity contribution in [1.82, 2.24) is 0 Å². The fourth-order valence-corrected chi connectivity index (χ4v) is 2.80. The largest absolute Gasteiger partial charge is 0.491 e. The van der Waals surface area contributed by atoms with E-state index in [1.54, 1.807) is 18.2 Å². The third kappa shape index (κ3) is 4.03. The second-order valence-electron chi connectivity index (χ2n) is 5.85. The Morgan fingerprint density at radius 2 is 1.89 bits per heavy atom. The molecular formula is C15H26N3O+. The number of anilines is 2. The van der Waals surface area contributed by atoms with Crippen molar-refractivity contribution in [2.24, 2.45) is 0 Å². The molecule has 0 atom stereocenters. The lowest BCUT2D eigenvalue weighted by atomic mass is 10.1. The van der Waals surface area contributed by atoms with E-state index >= 15 is 0 Å². The van der Waals surface area contributed by atoms with Crippen molar-refractivity contribution < 1.29 is 9.22 Å². The molecule has 4 nitrogen and oxygen atoms in total. The Morgan fingerprint density at radius 3 is 2.63 bits per heavy atom. The van der Waals surface area contributed by atoms with Crippen molar-refractivity contribution >= 4 is 11.4 Å². The van der Waals surface area contributed by atoms with Crippen LogP contribution in [0.3, 0.4) is 0 Å². The molecule has 4 N–H and O–H groups in total. The van der Waals surface area contributed by atoms with Gasteiger partial charge in [-0.25, -0.2) is 0 Å². The fraction of sp³-hybridized carbons (Fsp3) is 0.600. The number of nitrogens with zero attached hydrogens (tertiary/aromatic N) is 1. The molecule has 19 heavy (non-hydrogen) atoms. The second-order valence-corrected chi connectivity index (χ2v) is 5.85. The molecule has 1 aromatic rings. The third-order valence-corrected chi connectivity index (χ3v) is 4.03. The summed E-state index contributed by atoms with van der Waals surface area (Å²) in [5.41, 5.74) is 12.9. The summed E-state index contributed by atoms with van der Waals surface area (Å²) in [6.07, 6.45) is 5.17. The van der Waals surface area contributed by atoms with E-state index in [9.17, 15) is 0 Å². The van der Waals surface area contributed by atoms with E-state index in [4.69, 9.17) is 16.2 Å². The number of nitrogens with two attached hydrogens (primary N) is 2. The summed E-state index contributed by atoms with van der Waals surface area (Å²) in [7, 11) is 2.36. The minimum atomic E-state index is 0.660. The molecule has 1 aromatic carbocycles. The highest BCUT2D eigenvalue weighted by Gasteiger charge is 2.23. The number of hydrogen-bond donors (Lipinski definition) is 2. The van der Waals surface area contributed by atoms with Crippen LogP contribution in [-0.4, -0.2) is 37.8 Å². The molecule has 1 aliphatic rings. The Labute approximate surface area is 115 Å². The summed E-state index contributed by atoms with van der Waals surface area (Å²) in [5.74, 6) is 0.710. The molecule has 0 spiro atoms. The van der Waals surface area contributed by atoms with Gasteiger partial charge < -0.3 is 20.7 Å². The highest BCUT2D eigenvalue weighted by Crippen LogP contribution is 2.24. The molecule has 4 heteroatoms. The van der Waals surface area contributed by atoms with Crippen LogP contribution in [-0.2, 0) is 0 Å². The van der Waals surface area contributed by atoms with Crippen molar-refractivity contribution in [3.05, 3.63) is 18.2 Å². The Morgan fingerprint density at radius 1 is 1.16 bits per heavy atom. The van der Waals surface area contributed by atoms with Gasteiger partial charge in [0.05, 0.1) is 39.0 Å². The first-order valence-corrected chi connectivity index (χ1v) is 7.20. The van der Waals surface area contributed by atoms with Gasteiger partial charge in [-0.1, -0.05) is 0 Å². The molecular weight excluding hydrogens is 238 g/mol. The quantitative estimate of drug-likeness (QED) is 0.487. The molecule has 2 rings (SSSR count). The highest BCUT2D eigenvalue weighted by atomic mass is 16.5. The van der Waals surface area contributed by atoms with E-state index in [-0.39, 0.29) is 0 Å². The predicted molar refractivity (Wildman–Crippen MR) is 80.0 cm³/mol.